The van der Waals surface area contributed by atoms with Crippen molar-refractivity contribution in [2.75, 3.05) is 5.73 Å². The Labute approximate surface area is 89.0 Å². The summed E-state index contributed by atoms with van der Waals surface area (Å²) in [6.07, 6.45) is 0. The number of benzene rings is 2. The molecule has 70 valence electrons. The molecule has 2 N–H and O–H groups in total. The Hall–Kier alpha value is -1.41. The summed E-state index contributed by atoms with van der Waals surface area (Å²) < 4.78 is 0. The van der Waals surface area contributed by atoms with Gasteiger partial charge in [0.1, 0.15) is 0 Å². The SMILES string of the molecule is Nc1ccc(S)c(-c2ccccc2)c1. The fraction of sp³-hybridized carbons (Fsp3) is 0. The van der Waals surface area contributed by atoms with E-state index >= 15 is 0 Å². The van der Waals surface area contributed by atoms with Crippen LogP contribution in [0.25, 0.3) is 11.1 Å². The quantitative estimate of drug-likeness (QED) is 0.537. The van der Waals surface area contributed by atoms with Crippen LogP contribution in [0.4, 0.5) is 5.69 Å². The Bertz CT molecular complexity index is 437. The van der Waals surface area contributed by atoms with Gasteiger partial charge in [-0.15, -0.1) is 12.6 Å². The second-order valence-corrected chi connectivity index (χ2v) is 3.62. The van der Waals surface area contributed by atoms with Crippen molar-refractivity contribution in [3.05, 3.63) is 48.5 Å². The fourth-order valence-corrected chi connectivity index (χ4v) is 1.67. The number of thiol groups is 1. The van der Waals surface area contributed by atoms with Gasteiger partial charge in [-0.25, -0.2) is 0 Å². The summed E-state index contributed by atoms with van der Waals surface area (Å²) in [6.45, 7) is 0. The van der Waals surface area contributed by atoms with Crippen LogP contribution in [-0.2, 0) is 0 Å². The van der Waals surface area contributed by atoms with E-state index in [9.17, 15) is 0 Å². The second-order valence-electron chi connectivity index (χ2n) is 3.14. The molecule has 0 aromatic heterocycles. The second kappa shape index (κ2) is 3.76. The van der Waals surface area contributed by atoms with E-state index in [1.54, 1.807) is 0 Å². The number of hydrogen-bond donors (Lipinski definition) is 2. The number of anilines is 1. The largest absolute Gasteiger partial charge is 0.399 e. The topological polar surface area (TPSA) is 26.0 Å². The summed E-state index contributed by atoms with van der Waals surface area (Å²) in [5.41, 5.74) is 8.72. The normalized spacial score (nSPS) is 10.1. The number of nitrogens with two attached hydrogens (primary N) is 1. The average Bonchev–Trinajstić information content (AvgIpc) is 2.23. The van der Waals surface area contributed by atoms with Gasteiger partial charge in [-0.2, -0.15) is 0 Å². The van der Waals surface area contributed by atoms with Gasteiger partial charge >= 0.3 is 0 Å². The summed E-state index contributed by atoms with van der Waals surface area (Å²) >= 11 is 4.40. The van der Waals surface area contributed by atoms with Gasteiger partial charge in [0.15, 0.2) is 0 Å². The smallest absolute Gasteiger partial charge is 0.0321 e. The highest BCUT2D eigenvalue weighted by atomic mass is 32.1. The van der Waals surface area contributed by atoms with Crippen LogP contribution in [0.5, 0.6) is 0 Å². The molecule has 0 heterocycles. The third-order valence-corrected chi connectivity index (χ3v) is 2.50. The van der Waals surface area contributed by atoms with Crippen LogP contribution >= 0.6 is 12.6 Å². The standard InChI is InChI=1S/C12H11NS/c13-10-6-7-12(14)11(8-10)9-4-2-1-3-5-9/h1-8,14H,13H2. The first-order valence-corrected chi connectivity index (χ1v) is 4.86. The van der Waals surface area contributed by atoms with Gasteiger partial charge in [-0.1, -0.05) is 30.3 Å². The van der Waals surface area contributed by atoms with Crippen LogP contribution in [0.1, 0.15) is 0 Å². The Balaban J connectivity index is 2.57. The van der Waals surface area contributed by atoms with E-state index in [2.05, 4.69) is 24.8 Å². The highest BCUT2D eigenvalue weighted by molar-refractivity contribution is 7.80. The molecule has 0 aliphatic rings. The molecule has 0 atom stereocenters. The Morgan fingerprint density at radius 2 is 1.64 bits per heavy atom. The lowest BCUT2D eigenvalue weighted by Gasteiger charge is -2.05. The number of hydrogen-bond acceptors (Lipinski definition) is 2. The van der Waals surface area contributed by atoms with Gasteiger partial charge in [0.25, 0.3) is 0 Å². The monoisotopic (exact) mass is 201 g/mol. The van der Waals surface area contributed by atoms with Crippen LogP contribution in [0.15, 0.2) is 53.4 Å². The van der Waals surface area contributed by atoms with E-state index in [1.807, 2.05) is 36.4 Å². The molecule has 0 aliphatic carbocycles. The zero-order chi connectivity index (χ0) is 9.97. The minimum atomic E-state index is 0.765. The van der Waals surface area contributed by atoms with Crippen molar-refractivity contribution < 1.29 is 0 Å². The molecule has 2 heteroatoms. The van der Waals surface area contributed by atoms with Gasteiger partial charge in [0.2, 0.25) is 0 Å². The highest BCUT2D eigenvalue weighted by Gasteiger charge is 2.01. The summed E-state index contributed by atoms with van der Waals surface area (Å²) in [5.74, 6) is 0. The van der Waals surface area contributed by atoms with Crippen molar-refractivity contribution in [3.8, 4) is 11.1 Å². The first kappa shape index (κ1) is 9.16. The van der Waals surface area contributed by atoms with Crippen LogP contribution in [0.3, 0.4) is 0 Å². The lowest BCUT2D eigenvalue weighted by molar-refractivity contribution is 1.46. The molecule has 2 rings (SSSR count). The molecule has 1 nitrogen and oxygen atoms in total. The minimum absolute atomic E-state index is 0.765. The summed E-state index contributed by atoms with van der Waals surface area (Å²) in [7, 11) is 0. The molecule has 0 saturated carbocycles. The van der Waals surface area contributed by atoms with Crippen molar-refractivity contribution in [2.45, 2.75) is 4.90 Å². The molecule has 0 bridgehead atoms. The molecule has 0 saturated heterocycles. The third kappa shape index (κ3) is 1.75. The van der Waals surface area contributed by atoms with Crippen molar-refractivity contribution in [1.29, 1.82) is 0 Å². The maximum Gasteiger partial charge on any atom is 0.0321 e. The van der Waals surface area contributed by atoms with Gasteiger partial charge in [-0.3, -0.25) is 0 Å². The molecule has 0 fully saturated rings. The molecular weight excluding hydrogens is 190 g/mol. The van der Waals surface area contributed by atoms with E-state index in [1.165, 1.54) is 0 Å². The zero-order valence-electron chi connectivity index (χ0n) is 7.64. The summed E-state index contributed by atoms with van der Waals surface area (Å²) in [4.78, 5) is 0.949. The van der Waals surface area contributed by atoms with Crippen molar-refractivity contribution in [2.24, 2.45) is 0 Å². The highest BCUT2D eigenvalue weighted by Crippen LogP contribution is 2.27. The molecule has 14 heavy (non-hydrogen) atoms. The molecule has 0 spiro atoms. The molecule has 2 aromatic carbocycles. The van der Waals surface area contributed by atoms with Gasteiger partial charge in [-0.05, 0) is 29.3 Å². The Kier molecular flexibility index (Phi) is 2.46. The maximum atomic E-state index is 5.73. The molecule has 0 radical (unpaired) electrons. The van der Waals surface area contributed by atoms with E-state index < -0.39 is 0 Å². The lowest BCUT2D eigenvalue weighted by Crippen LogP contribution is -1.86. The maximum absolute atomic E-state index is 5.73. The molecule has 0 unspecified atom stereocenters. The van der Waals surface area contributed by atoms with Crippen molar-refractivity contribution in [1.82, 2.24) is 0 Å². The summed E-state index contributed by atoms with van der Waals surface area (Å²) in [6, 6.07) is 15.8. The molecule has 0 amide bonds. The van der Waals surface area contributed by atoms with Gasteiger partial charge < -0.3 is 5.73 Å². The van der Waals surface area contributed by atoms with Crippen molar-refractivity contribution >= 4 is 18.3 Å². The predicted octanol–water partition coefficient (Wildman–Crippen LogP) is 3.22. The third-order valence-electron chi connectivity index (χ3n) is 2.11. The van der Waals surface area contributed by atoms with Crippen LogP contribution < -0.4 is 5.73 Å². The predicted molar refractivity (Wildman–Crippen MR) is 63.5 cm³/mol. The van der Waals surface area contributed by atoms with E-state index in [0.29, 0.717) is 0 Å². The summed E-state index contributed by atoms with van der Waals surface area (Å²) in [5, 5.41) is 0. The fourth-order valence-electron chi connectivity index (χ4n) is 1.40. The number of rotatable bonds is 1. The molecule has 2 aromatic rings. The zero-order valence-corrected chi connectivity index (χ0v) is 8.54. The average molecular weight is 201 g/mol. The van der Waals surface area contributed by atoms with Gasteiger partial charge in [0, 0.05) is 10.6 Å². The first-order valence-electron chi connectivity index (χ1n) is 4.41. The minimum Gasteiger partial charge on any atom is -0.399 e. The van der Waals surface area contributed by atoms with E-state index in [4.69, 9.17) is 5.73 Å². The lowest BCUT2D eigenvalue weighted by atomic mass is 10.1. The van der Waals surface area contributed by atoms with Gasteiger partial charge in [0.05, 0.1) is 0 Å². The molecule has 0 aliphatic heterocycles. The van der Waals surface area contributed by atoms with Crippen LogP contribution in [0, 0.1) is 0 Å². The van der Waals surface area contributed by atoms with Crippen LogP contribution in [0.2, 0.25) is 0 Å². The van der Waals surface area contributed by atoms with E-state index in [-0.39, 0.29) is 0 Å². The number of nitrogen functional groups attached to an aromatic ring is 1. The van der Waals surface area contributed by atoms with Crippen molar-refractivity contribution in [3.63, 3.8) is 0 Å². The first-order chi connectivity index (χ1) is 6.77. The molecular formula is C12H11NS. The van der Waals surface area contributed by atoms with Crippen LogP contribution in [-0.4, -0.2) is 0 Å². The Morgan fingerprint density at radius 3 is 2.36 bits per heavy atom. The Morgan fingerprint density at radius 1 is 0.929 bits per heavy atom. The van der Waals surface area contributed by atoms with E-state index in [0.717, 1.165) is 21.7 Å².